The van der Waals surface area contributed by atoms with Crippen molar-refractivity contribution in [2.45, 2.75) is 12.5 Å². The molecule has 0 saturated heterocycles. The fourth-order valence-electron chi connectivity index (χ4n) is 2.35. The van der Waals surface area contributed by atoms with Gasteiger partial charge in [0.15, 0.2) is 0 Å². The van der Waals surface area contributed by atoms with Crippen LogP contribution in [0.4, 0.5) is 0 Å². The highest BCUT2D eigenvalue weighted by molar-refractivity contribution is 5.37. The van der Waals surface area contributed by atoms with Crippen molar-refractivity contribution in [2.24, 2.45) is 0 Å². The minimum atomic E-state index is 0.228. The topological polar surface area (TPSA) is 30.5 Å². The summed E-state index contributed by atoms with van der Waals surface area (Å²) < 4.78 is 10.9. The molecule has 0 bridgehead atoms. The van der Waals surface area contributed by atoms with Crippen LogP contribution in [-0.2, 0) is 11.2 Å². The van der Waals surface area contributed by atoms with Crippen molar-refractivity contribution in [2.75, 3.05) is 27.4 Å². The molecule has 3 nitrogen and oxygen atoms in total. The first-order valence-corrected chi connectivity index (χ1v) is 7.27. The molecule has 2 aromatic carbocycles. The van der Waals surface area contributed by atoms with Crippen LogP contribution in [0.5, 0.6) is 5.75 Å². The Labute approximate surface area is 126 Å². The van der Waals surface area contributed by atoms with E-state index in [9.17, 15) is 0 Å². The zero-order valence-corrected chi connectivity index (χ0v) is 12.7. The fraction of sp³-hybridized carbons (Fsp3) is 0.333. The average molecular weight is 285 g/mol. The fourth-order valence-corrected chi connectivity index (χ4v) is 2.35. The number of hydrogen-bond acceptors (Lipinski definition) is 3. The summed E-state index contributed by atoms with van der Waals surface area (Å²) in [4.78, 5) is 0. The summed E-state index contributed by atoms with van der Waals surface area (Å²) in [5.74, 6) is 0.921. The third kappa shape index (κ3) is 4.59. The van der Waals surface area contributed by atoms with E-state index in [1.54, 1.807) is 7.11 Å². The van der Waals surface area contributed by atoms with Crippen molar-refractivity contribution in [3.05, 3.63) is 65.7 Å². The highest BCUT2D eigenvalue weighted by Gasteiger charge is 2.14. The molecule has 0 aliphatic carbocycles. The summed E-state index contributed by atoms with van der Waals surface area (Å²) in [5, 5.41) is 3.39. The van der Waals surface area contributed by atoms with E-state index in [1.165, 1.54) is 11.1 Å². The van der Waals surface area contributed by atoms with Gasteiger partial charge in [-0.3, -0.25) is 0 Å². The van der Waals surface area contributed by atoms with E-state index in [0.717, 1.165) is 12.2 Å². The van der Waals surface area contributed by atoms with E-state index in [4.69, 9.17) is 9.47 Å². The van der Waals surface area contributed by atoms with E-state index in [1.807, 2.05) is 31.3 Å². The normalized spacial score (nSPS) is 12.1. The first-order chi connectivity index (χ1) is 10.3. The molecule has 0 spiro atoms. The van der Waals surface area contributed by atoms with Crippen molar-refractivity contribution >= 4 is 0 Å². The van der Waals surface area contributed by atoms with Crippen LogP contribution in [0, 0.1) is 0 Å². The lowest BCUT2D eigenvalue weighted by Crippen LogP contribution is -2.20. The third-order valence-electron chi connectivity index (χ3n) is 3.47. The van der Waals surface area contributed by atoms with Gasteiger partial charge in [-0.05, 0) is 25.1 Å². The predicted molar refractivity (Wildman–Crippen MR) is 85.8 cm³/mol. The molecule has 0 aromatic heterocycles. The number of methoxy groups -OCH3 is 1. The molecule has 0 fully saturated rings. The van der Waals surface area contributed by atoms with Gasteiger partial charge in [0.2, 0.25) is 0 Å². The Kier molecular flexibility index (Phi) is 6.25. The highest BCUT2D eigenvalue weighted by atomic mass is 16.5. The number of hydrogen-bond donors (Lipinski definition) is 1. The first kappa shape index (κ1) is 15.5. The molecule has 0 amide bonds. The van der Waals surface area contributed by atoms with E-state index in [0.29, 0.717) is 13.2 Å². The van der Waals surface area contributed by atoms with Gasteiger partial charge < -0.3 is 14.8 Å². The molecule has 0 saturated carbocycles. The highest BCUT2D eigenvalue weighted by Crippen LogP contribution is 2.27. The summed E-state index contributed by atoms with van der Waals surface area (Å²) >= 11 is 0. The van der Waals surface area contributed by atoms with Gasteiger partial charge in [-0.25, -0.2) is 0 Å². The smallest absolute Gasteiger partial charge is 0.124 e. The minimum Gasteiger partial charge on any atom is -0.491 e. The lowest BCUT2D eigenvalue weighted by atomic mass is 9.98. The summed E-state index contributed by atoms with van der Waals surface area (Å²) in [6, 6.07) is 18.9. The van der Waals surface area contributed by atoms with E-state index < -0.39 is 0 Å². The van der Waals surface area contributed by atoms with Crippen molar-refractivity contribution in [1.29, 1.82) is 0 Å². The van der Waals surface area contributed by atoms with Crippen LogP contribution in [0.25, 0.3) is 0 Å². The Morgan fingerprint density at radius 2 is 1.67 bits per heavy atom. The molecular formula is C18H23NO2. The lowest BCUT2D eigenvalue weighted by molar-refractivity contribution is 0.145. The van der Waals surface area contributed by atoms with Crippen LogP contribution in [0.1, 0.15) is 17.2 Å². The quantitative estimate of drug-likeness (QED) is 0.755. The molecule has 112 valence electrons. The number of para-hydroxylation sites is 1. The number of nitrogens with one attached hydrogen (secondary N) is 1. The van der Waals surface area contributed by atoms with Gasteiger partial charge >= 0.3 is 0 Å². The molecule has 1 N–H and O–H groups in total. The zero-order chi connectivity index (χ0) is 14.9. The molecule has 0 radical (unpaired) electrons. The largest absolute Gasteiger partial charge is 0.491 e. The van der Waals surface area contributed by atoms with Crippen molar-refractivity contribution in [3.63, 3.8) is 0 Å². The molecular weight excluding hydrogens is 262 g/mol. The standard InChI is InChI=1S/C18H23NO2/c1-19-17(14-15-8-4-3-5-9-15)16-10-6-7-11-18(16)21-13-12-20-2/h3-11,17,19H,12-14H2,1-2H3. The Hall–Kier alpha value is -1.84. The van der Waals surface area contributed by atoms with Gasteiger partial charge in [0.05, 0.1) is 6.61 Å². The Bertz CT molecular complexity index is 528. The van der Waals surface area contributed by atoms with Gasteiger partial charge in [0.25, 0.3) is 0 Å². The zero-order valence-electron chi connectivity index (χ0n) is 12.7. The molecule has 0 aliphatic rings. The van der Waals surface area contributed by atoms with Crippen LogP contribution >= 0.6 is 0 Å². The minimum absolute atomic E-state index is 0.228. The Balaban J connectivity index is 2.13. The van der Waals surface area contributed by atoms with Crippen molar-refractivity contribution < 1.29 is 9.47 Å². The van der Waals surface area contributed by atoms with Gasteiger partial charge in [-0.1, -0.05) is 48.5 Å². The van der Waals surface area contributed by atoms with Crippen LogP contribution in [0.2, 0.25) is 0 Å². The molecule has 0 heterocycles. The molecule has 2 rings (SSSR count). The lowest BCUT2D eigenvalue weighted by Gasteiger charge is -2.20. The summed E-state index contributed by atoms with van der Waals surface area (Å²) in [5.41, 5.74) is 2.49. The summed E-state index contributed by atoms with van der Waals surface area (Å²) in [6.07, 6.45) is 0.933. The maximum Gasteiger partial charge on any atom is 0.124 e. The second kappa shape index (κ2) is 8.45. The van der Waals surface area contributed by atoms with Crippen LogP contribution in [0.3, 0.4) is 0 Å². The van der Waals surface area contributed by atoms with Crippen LogP contribution in [-0.4, -0.2) is 27.4 Å². The molecule has 1 unspecified atom stereocenters. The predicted octanol–water partition coefficient (Wildman–Crippen LogP) is 3.22. The number of likely N-dealkylation sites (N-methyl/N-ethyl adjacent to an activating group) is 1. The SMILES string of the molecule is CNC(Cc1ccccc1)c1ccccc1OCCOC. The third-order valence-corrected chi connectivity index (χ3v) is 3.47. The van der Waals surface area contributed by atoms with Crippen LogP contribution < -0.4 is 10.1 Å². The number of ether oxygens (including phenoxy) is 2. The summed E-state index contributed by atoms with van der Waals surface area (Å²) in [6.45, 7) is 1.16. The average Bonchev–Trinajstić information content (AvgIpc) is 2.54. The molecule has 0 aliphatic heterocycles. The van der Waals surface area contributed by atoms with Gasteiger partial charge in [0, 0.05) is 18.7 Å². The Morgan fingerprint density at radius 3 is 2.38 bits per heavy atom. The van der Waals surface area contributed by atoms with Gasteiger partial charge in [-0.15, -0.1) is 0 Å². The number of rotatable bonds is 8. The van der Waals surface area contributed by atoms with Crippen LogP contribution in [0.15, 0.2) is 54.6 Å². The van der Waals surface area contributed by atoms with Crippen molar-refractivity contribution in [1.82, 2.24) is 5.32 Å². The number of benzene rings is 2. The first-order valence-electron chi connectivity index (χ1n) is 7.27. The second-order valence-corrected chi connectivity index (χ2v) is 4.91. The monoisotopic (exact) mass is 285 g/mol. The summed E-state index contributed by atoms with van der Waals surface area (Å²) in [7, 11) is 3.67. The molecule has 21 heavy (non-hydrogen) atoms. The van der Waals surface area contributed by atoms with E-state index in [2.05, 4.69) is 35.6 Å². The molecule has 2 aromatic rings. The Morgan fingerprint density at radius 1 is 0.952 bits per heavy atom. The maximum absolute atomic E-state index is 5.83. The van der Waals surface area contributed by atoms with E-state index >= 15 is 0 Å². The second-order valence-electron chi connectivity index (χ2n) is 4.91. The molecule has 3 heteroatoms. The van der Waals surface area contributed by atoms with Crippen molar-refractivity contribution in [3.8, 4) is 5.75 Å². The van der Waals surface area contributed by atoms with Gasteiger partial charge in [-0.2, -0.15) is 0 Å². The molecule has 1 atom stereocenters. The maximum atomic E-state index is 5.83. The van der Waals surface area contributed by atoms with E-state index in [-0.39, 0.29) is 6.04 Å². The van der Waals surface area contributed by atoms with Gasteiger partial charge in [0.1, 0.15) is 12.4 Å².